The van der Waals surface area contributed by atoms with Crippen LogP contribution < -0.4 is 15.0 Å². The average molecular weight is 340 g/mol. The third kappa shape index (κ3) is 2.43. The first-order valence-corrected chi connectivity index (χ1v) is 8.92. The largest absolute Gasteiger partial charge is 0.489 e. The molecule has 25 heavy (non-hydrogen) atoms. The van der Waals surface area contributed by atoms with Crippen molar-refractivity contribution in [2.24, 2.45) is 0 Å². The zero-order valence-corrected chi connectivity index (χ0v) is 13.8. The molecule has 3 unspecified atom stereocenters. The van der Waals surface area contributed by atoms with Crippen molar-refractivity contribution < 1.29 is 14.6 Å². The number of nitrogens with zero attached hydrogens (tertiary/aromatic N) is 2. The molecule has 2 aliphatic heterocycles. The molecule has 130 valence electrons. The quantitative estimate of drug-likeness (QED) is 0.907. The second kappa shape index (κ2) is 5.59. The molecule has 6 nitrogen and oxygen atoms in total. The molecule has 1 fully saturated rings. The Morgan fingerprint density at radius 1 is 1.20 bits per heavy atom. The number of hydrogen-bond donors (Lipinski definition) is 1. The third-order valence-electron chi connectivity index (χ3n) is 5.59. The fourth-order valence-electron chi connectivity index (χ4n) is 4.29. The van der Waals surface area contributed by atoms with Gasteiger partial charge in [-0.15, -0.1) is 0 Å². The molecule has 1 aromatic carbocycles. The van der Waals surface area contributed by atoms with Crippen molar-refractivity contribution in [1.82, 2.24) is 9.55 Å². The maximum atomic E-state index is 11.3. The van der Waals surface area contributed by atoms with E-state index in [9.17, 15) is 9.90 Å². The summed E-state index contributed by atoms with van der Waals surface area (Å²) in [6.45, 7) is 0.465. The van der Waals surface area contributed by atoms with Crippen LogP contribution in [0, 0.1) is 0 Å². The van der Waals surface area contributed by atoms with Crippen LogP contribution in [0.3, 0.4) is 0 Å². The van der Waals surface area contributed by atoms with Crippen LogP contribution >= 0.6 is 0 Å². The van der Waals surface area contributed by atoms with Crippen molar-refractivity contribution in [3.05, 3.63) is 51.9 Å². The second-order valence-corrected chi connectivity index (χ2v) is 7.15. The van der Waals surface area contributed by atoms with Gasteiger partial charge in [-0.2, -0.15) is 4.98 Å². The first kappa shape index (κ1) is 15.0. The van der Waals surface area contributed by atoms with E-state index in [2.05, 4.69) is 11.1 Å². The normalized spacial score (nSPS) is 27.6. The lowest BCUT2D eigenvalue weighted by Gasteiger charge is -2.23. The van der Waals surface area contributed by atoms with Gasteiger partial charge in [0.15, 0.2) is 0 Å². The minimum Gasteiger partial charge on any atom is -0.489 e. The first-order valence-electron chi connectivity index (χ1n) is 8.92. The summed E-state index contributed by atoms with van der Waals surface area (Å²) in [7, 11) is 0. The molecule has 0 saturated heterocycles. The Balaban J connectivity index is 1.39. The Morgan fingerprint density at radius 3 is 3.00 bits per heavy atom. The molecule has 0 amide bonds. The molecule has 6 heteroatoms. The molecule has 1 saturated carbocycles. The number of aliphatic hydroxyl groups excluding tert-OH is 1. The molecule has 0 radical (unpaired) electrons. The van der Waals surface area contributed by atoms with Crippen molar-refractivity contribution in [2.75, 3.05) is 0 Å². The van der Waals surface area contributed by atoms with E-state index in [1.54, 1.807) is 10.8 Å². The molecule has 2 aromatic rings. The molecule has 1 N–H and O–H groups in total. The predicted octanol–water partition coefficient (Wildman–Crippen LogP) is 2.16. The summed E-state index contributed by atoms with van der Waals surface area (Å²) < 4.78 is 13.6. The van der Waals surface area contributed by atoms with E-state index < -0.39 is 12.2 Å². The highest BCUT2D eigenvalue weighted by Crippen LogP contribution is 2.46. The Hall–Kier alpha value is -2.34. The van der Waals surface area contributed by atoms with E-state index in [1.165, 1.54) is 30.9 Å². The molecule has 5 rings (SSSR count). The Bertz CT molecular complexity index is 878. The van der Waals surface area contributed by atoms with E-state index >= 15 is 0 Å². The van der Waals surface area contributed by atoms with Gasteiger partial charge >= 0.3 is 0 Å². The van der Waals surface area contributed by atoms with Crippen molar-refractivity contribution in [1.29, 1.82) is 0 Å². The zero-order chi connectivity index (χ0) is 17.0. The van der Waals surface area contributed by atoms with Gasteiger partial charge in [0.05, 0.1) is 6.54 Å². The SMILES string of the molecule is O=c1ccn2c(n1)O[C@H](C(O)c1ccc3c(c1)OC1CCCCC31)C2. The fourth-order valence-corrected chi connectivity index (χ4v) is 4.29. The predicted molar refractivity (Wildman–Crippen MR) is 89.9 cm³/mol. The van der Waals surface area contributed by atoms with Crippen molar-refractivity contribution >= 4 is 0 Å². The molecular formula is C19H20N2O4. The number of fused-ring (bicyclic) bond motifs is 4. The van der Waals surface area contributed by atoms with Crippen LogP contribution in [0.15, 0.2) is 35.3 Å². The highest BCUT2D eigenvalue weighted by Gasteiger charge is 2.37. The van der Waals surface area contributed by atoms with Gasteiger partial charge < -0.3 is 14.6 Å². The first-order chi connectivity index (χ1) is 12.2. The summed E-state index contributed by atoms with van der Waals surface area (Å²) in [6.07, 6.45) is 5.45. The zero-order valence-electron chi connectivity index (χ0n) is 13.8. The van der Waals surface area contributed by atoms with Crippen LogP contribution in [0.2, 0.25) is 0 Å². The van der Waals surface area contributed by atoms with Crippen LogP contribution in [0.1, 0.15) is 48.8 Å². The maximum Gasteiger partial charge on any atom is 0.300 e. The highest BCUT2D eigenvalue weighted by atomic mass is 16.5. The van der Waals surface area contributed by atoms with E-state index in [0.717, 1.165) is 17.7 Å². The molecule has 0 spiro atoms. The second-order valence-electron chi connectivity index (χ2n) is 7.15. The molecule has 1 aliphatic carbocycles. The van der Waals surface area contributed by atoms with Crippen LogP contribution in [0.25, 0.3) is 0 Å². The van der Waals surface area contributed by atoms with Gasteiger partial charge in [-0.25, -0.2) is 0 Å². The lowest BCUT2D eigenvalue weighted by atomic mass is 9.83. The van der Waals surface area contributed by atoms with Crippen LogP contribution in [-0.4, -0.2) is 26.9 Å². The summed E-state index contributed by atoms with van der Waals surface area (Å²) in [5, 5.41) is 10.8. The topological polar surface area (TPSA) is 73.6 Å². The Kier molecular flexibility index (Phi) is 3.35. The Labute approximate surface area is 145 Å². The molecule has 3 heterocycles. The van der Waals surface area contributed by atoms with Crippen molar-refractivity contribution in [3.63, 3.8) is 0 Å². The fraction of sp³-hybridized carbons (Fsp3) is 0.474. The molecule has 0 bridgehead atoms. The van der Waals surface area contributed by atoms with Gasteiger partial charge in [-0.1, -0.05) is 18.6 Å². The van der Waals surface area contributed by atoms with E-state index in [4.69, 9.17) is 9.47 Å². The summed E-state index contributed by atoms with van der Waals surface area (Å²) in [5.74, 6) is 1.40. The minimum absolute atomic E-state index is 0.264. The summed E-state index contributed by atoms with van der Waals surface area (Å²) in [5.41, 5.74) is 1.70. The molecule has 3 aliphatic rings. The number of benzene rings is 1. The minimum atomic E-state index is -0.798. The van der Waals surface area contributed by atoms with Gasteiger partial charge in [-0.05, 0) is 30.9 Å². The highest BCUT2D eigenvalue weighted by molar-refractivity contribution is 5.45. The van der Waals surface area contributed by atoms with Crippen LogP contribution in [0.4, 0.5) is 0 Å². The smallest absolute Gasteiger partial charge is 0.300 e. The van der Waals surface area contributed by atoms with Gasteiger partial charge in [0.1, 0.15) is 24.1 Å². The van der Waals surface area contributed by atoms with Crippen LogP contribution in [-0.2, 0) is 6.54 Å². The van der Waals surface area contributed by atoms with E-state index in [0.29, 0.717) is 18.6 Å². The van der Waals surface area contributed by atoms with E-state index in [-0.39, 0.29) is 11.6 Å². The van der Waals surface area contributed by atoms with Crippen molar-refractivity contribution in [2.45, 2.75) is 56.5 Å². The van der Waals surface area contributed by atoms with E-state index in [1.807, 2.05) is 12.1 Å². The van der Waals surface area contributed by atoms with Gasteiger partial charge in [-0.3, -0.25) is 9.36 Å². The number of aromatic nitrogens is 2. The standard InChI is InChI=1S/C19H20N2O4/c22-17-7-8-21-10-16(25-19(21)20-17)18(23)11-5-6-13-12-3-1-2-4-14(12)24-15(13)9-11/h5-9,12,14,16,18,23H,1-4,10H2/t12?,14?,16-,18?/m0/s1. The summed E-state index contributed by atoms with van der Waals surface area (Å²) >= 11 is 0. The average Bonchev–Trinajstić information content (AvgIpc) is 3.21. The lowest BCUT2D eigenvalue weighted by Crippen LogP contribution is -2.24. The molecule has 1 aromatic heterocycles. The number of rotatable bonds is 2. The maximum absolute atomic E-state index is 11.3. The summed E-state index contributed by atoms with van der Waals surface area (Å²) in [6, 6.07) is 7.66. The van der Waals surface area contributed by atoms with Gasteiger partial charge in [0.25, 0.3) is 11.6 Å². The number of hydrogen-bond acceptors (Lipinski definition) is 5. The Morgan fingerprint density at radius 2 is 2.08 bits per heavy atom. The monoisotopic (exact) mass is 340 g/mol. The number of ether oxygens (including phenoxy) is 2. The van der Waals surface area contributed by atoms with Crippen LogP contribution in [0.5, 0.6) is 11.8 Å². The molecular weight excluding hydrogens is 320 g/mol. The van der Waals surface area contributed by atoms with Crippen molar-refractivity contribution in [3.8, 4) is 11.8 Å². The summed E-state index contributed by atoms with van der Waals surface area (Å²) in [4.78, 5) is 15.2. The lowest BCUT2D eigenvalue weighted by molar-refractivity contribution is 0.0457. The van der Waals surface area contributed by atoms with Gasteiger partial charge in [0.2, 0.25) is 0 Å². The van der Waals surface area contributed by atoms with Gasteiger partial charge in [0, 0.05) is 23.7 Å². The number of aliphatic hydroxyl groups is 1. The molecule has 4 atom stereocenters. The third-order valence-corrected chi connectivity index (χ3v) is 5.59.